The fourth-order valence-corrected chi connectivity index (χ4v) is 1.06. The molecule has 14 heavy (non-hydrogen) atoms. The third-order valence-electron chi connectivity index (χ3n) is 2.05. The molecular formula is C11H18O3. The number of ether oxygens (including phenoxy) is 3. The first-order valence-electron chi connectivity index (χ1n) is 4.74. The van der Waals surface area contributed by atoms with E-state index >= 15 is 0 Å². The van der Waals surface area contributed by atoms with Gasteiger partial charge in [0.15, 0.2) is 5.79 Å². The fourth-order valence-electron chi connectivity index (χ4n) is 1.06. The van der Waals surface area contributed by atoms with Gasteiger partial charge in [0.05, 0.1) is 6.61 Å². The van der Waals surface area contributed by atoms with Crippen molar-refractivity contribution >= 4 is 0 Å². The zero-order chi connectivity index (χ0) is 10.8. The van der Waals surface area contributed by atoms with E-state index in [-0.39, 0.29) is 6.10 Å². The minimum atomic E-state index is -0.503. The highest BCUT2D eigenvalue weighted by atomic mass is 16.7. The Morgan fingerprint density at radius 2 is 2.07 bits per heavy atom. The van der Waals surface area contributed by atoms with E-state index in [1.54, 1.807) is 7.11 Å². The quantitative estimate of drug-likeness (QED) is 0.598. The van der Waals surface area contributed by atoms with Crippen LogP contribution in [0.2, 0.25) is 0 Å². The average molecular weight is 198 g/mol. The van der Waals surface area contributed by atoms with Crippen LogP contribution in [0, 0.1) is 11.8 Å². The topological polar surface area (TPSA) is 27.7 Å². The lowest BCUT2D eigenvalue weighted by molar-refractivity contribution is -0.132. The van der Waals surface area contributed by atoms with Crippen LogP contribution in [-0.4, -0.2) is 31.2 Å². The first-order chi connectivity index (χ1) is 6.35. The smallest absolute Gasteiger partial charge is 0.164 e. The van der Waals surface area contributed by atoms with E-state index in [4.69, 9.17) is 14.2 Å². The Morgan fingerprint density at radius 1 is 1.43 bits per heavy atom. The molecule has 1 unspecified atom stereocenters. The summed E-state index contributed by atoms with van der Waals surface area (Å²) in [7, 11) is 1.64. The van der Waals surface area contributed by atoms with Gasteiger partial charge in [-0.25, -0.2) is 0 Å². The highest BCUT2D eigenvalue weighted by molar-refractivity contribution is 5.15. The first-order valence-corrected chi connectivity index (χ1v) is 4.74. The van der Waals surface area contributed by atoms with Crippen LogP contribution >= 0.6 is 0 Å². The third-order valence-corrected chi connectivity index (χ3v) is 2.05. The highest BCUT2D eigenvalue weighted by Crippen LogP contribution is 2.21. The van der Waals surface area contributed by atoms with Gasteiger partial charge < -0.3 is 14.2 Å². The summed E-state index contributed by atoms with van der Waals surface area (Å²) in [6.45, 7) is 8.13. The normalized spacial score (nSPS) is 25.6. The van der Waals surface area contributed by atoms with Crippen molar-refractivity contribution in [2.75, 3.05) is 13.7 Å². The lowest BCUT2D eigenvalue weighted by Crippen LogP contribution is -2.22. The molecule has 0 N–H and O–H groups in total. The Balaban J connectivity index is 2.54. The number of methoxy groups -OCH3 is 1. The van der Waals surface area contributed by atoms with Crippen LogP contribution < -0.4 is 0 Å². The predicted octanol–water partition coefficient (Wildman–Crippen LogP) is 1.57. The van der Waals surface area contributed by atoms with Crippen LogP contribution in [0.25, 0.3) is 0 Å². The minimum absolute atomic E-state index is 0.139. The van der Waals surface area contributed by atoms with Crippen LogP contribution in [0.3, 0.4) is 0 Å². The summed E-state index contributed by atoms with van der Waals surface area (Å²) in [6.07, 6.45) is -0.139. The lowest BCUT2D eigenvalue weighted by Gasteiger charge is -2.16. The van der Waals surface area contributed by atoms with Crippen molar-refractivity contribution < 1.29 is 14.2 Å². The SMILES string of the molecule is COC(C)(C)C#CC1COC(C)(C)O1. The summed E-state index contributed by atoms with van der Waals surface area (Å²) in [5.74, 6) is 5.51. The van der Waals surface area contributed by atoms with Gasteiger partial charge in [-0.15, -0.1) is 0 Å². The van der Waals surface area contributed by atoms with E-state index in [1.807, 2.05) is 27.7 Å². The number of rotatable bonds is 1. The summed E-state index contributed by atoms with van der Waals surface area (Å²) < 4.78 is 16.1. The van der Waals surface area contributed by atoms with Gasteiger partial charge in [-0.3, -0.25) is 0 Å². The minimum Gasteiger partial charge on any atom is -0.366 e. The molecule has 1 atom stereocenters. The van der Waals surface area contributed by atoms with Gasteiger partial charge in [0, 0.05) is 7.11 Å². The van der Waals surface area contributed by atoms with E-state index in [0.717, 1.165) is 0 Å². The fraction of sp³-hybridized carbons (Fsp3) is 0.818. The van der Waals surface area contributed by atoms with Gasteiger partial charge in [0.1, 0.15) is 11.7 Å². The molecule has 1 saturated heterocycles. The van der Waals surface area contributed by atoms with Crippen molar-refractivity contribution in [1.82, 2.24) is 0 Å². The first kappa shape index (κ1) is 11.5. The van der Waals surface area contributed by atoms with Gasteiger partial charge in [-0.1, -0.05) is 11.8 Å². The summed E-state index contributed by atoms with van der Waals surface area (Å²) in [6, 6.07) is 0. The number of hydrogen-bond donors (Lipinski definition) is 0. The van der Waals surface area contributed by atoms with Crippen molar-refractivity contribution in [2.24, 2.45) is 0 Å². The molecular weight excluding hydrogens is 180 g/mol. The molecule has 80 valence electrons. The zero-order valence-electron chi connectivity index (χ0n) is 9.51. The molecule has 0 aliphatic carbocycles. The van der Waals surface area contributed by atoms with Crippen LogP contribution in [0.4, 0.5) is 0 Å². The largest absolute Gasteiger partial charge is 0.366 e. The molecule has 1 aliphatic heterocycles. The van der Waals surface area contributed by atoms with E-state index in [0.29, 0.717) is 6.61 Å². The van der Waals surface area contributed by atoms with E-state index < -0.39 is 11.4 Å². The van der Waals surface area contributed by atoms with E-state index in [2.05, 4.69) is 11.8 Å². The molecule has 3 heteroatoms. The van der Waals surface area contributed by atoms with Gasteiger partial charge in [0.25, 0.3) is 0 Å². The lowest BCUT2D eigenvalue weighted by atomic mass is 10.1. The Labute approximate surface area is 85.7 Å². The van der Waals surface area contributed by atoms with Crippen LogP contribution in [-0.2, 0) is 14.2 Å². The standard InChI is InChI=1S/C11H18O3/c1-10(2,12-5)7-6-9-8-13-11(3,4)14-9/h9H,8H2,1-5H3. The molecule has 0 aromatic rings. The van der Waals surface area contributed by atoms with Crippen molar-refractivity contribution in [3.63, 3.8) is 0 Å². The van der Waals surface area contributed by atoms with Crippen molar-refractivity contribution in [1.29, 1.82) is 0 Å². The Morgan fingerprint density at radius 3 is 2.50 bits per heavy atom. The molecule has 0 spiro atoms. The highest BCUT2D eigenvalue weighted by Gasteiger charge is 2.31. The van der Waals surface area contributed by atoms with E-state index in [9.17, 15) is 0 Å². The third kappa shape index (κ3) is 3.30. The zero-order valence-corrected chi connectivity index (χ0v) is 9.51. The molecule has 0 aromatic heterocycles. The predicted molar refractivity (Wildman–Crippen MR) is 53.8 cm³/mol. The molecule has 0 saturated carbocycles. The molecule has 0 bridgehead atoms. The molecule has 1 fully saturated rings. The van der Waals surface area contributed by atoms with Gasteiger partial charge in [0.2, 0.25) is 0 Å². The monoisotopic (exact) mass is 198 g/mol. The Hall–Kier alpha value is -0.560. The molecule has 0 radical (unpaired) electrons. The number of hydrogen-bond acceptors (Lipinski definition) is 3. The summed E-state index contributed by atoms with van der Waals surface area (Å²) in [4.78, 5) is 0. The second-order valence-corrected chi connectivity index (χ2v) is 4.30. The van der Waals surface area contributed by atoms with Crippen molar-refractivity contribution in [3.8, 4) is 11.8 Å². The maximum absolute atomic E-state index is 5.54. The van der Waals surface area contributed by atoms with Crippen LogP contribution in [0.15, 0.2) is 0 Å². The molecule has 0 amide bonds. The molecule has 1 heterocycles. The average Bonchev–Trinajstić information content (AvgIpc) is 2.43. The van der Waals surface area contributed by atoms with Crippen LogP contribution in [0.1, 0.15) is 27.7 Å². The molecule has 1 aliphatic rings. The molecule has 0 aromatic carbocycles. The van der Waals surface area contributed by atoms with Crippen molar-refractivity contribution in [3.05, 3.63) is 0 Å². The molecule has 3 nitrogen and oxygen atoms in total. The summed E-state index contributed by atoms with van der Waals surface area (Å²) in [5, 5.41) is 0. The summed E-state index contributed by atoms with van der Waals surface area (Å²) in [5.41, 5.74) is -0.421. The molecule has 1 rings (SSSR count). The van der Waals surface area contributed by atoms with E-state index in [1.165, 1.54) is 0 Å². The maximum atomic E-state index is 5.54. The maximum Gasteiger partial charge on any atom is 0.164 e. The van der Waals surface area contributed by atoms with Gasteiger partial charge >= 0.3 is 0 Å². The van der Waals surface area contributed by atoms with Crippen molar-refractivity contribution in [2.45, 2.75) is 45.2 Å². The Kier molecular flexibility index (Phi) is 3.20. The van der Waals surface area contributed by atoms with Gasteiger partial charge in [-0.05, 0) is 27.7 Å². The van der Waals surface area contributed by atoms with Crippen LogP contribution in [0.5, 0.6) is 0 Å². The second-order valence-electron chi connectivity index (χ2n) is 4.30. The second kappa shape index (κ2) is 3.90. The Bertz CT molecular complexity index is 257. The summed E-state index contributed by atoms with van der Waals surface area (Å²) >= 11 is 0. The van der Waals surface area contributed by atoms with Gasteiger partial charge in [-0.2, -0.15) is 0 Å².